The maximum atomic E-state index is 4.25. The highest BCUT2D eigenvalue weighted by molar-refractivity contribution is 5.52. The molecular weight excluding hydrogens is 296 g/mol. The van der Waals surface area contributed by atoms with Crippen molar-refractivity contribution in [2.75, 3.05) is 24.5 Å². The van der Waals surface area contributed by atoms with Gasteiger partial charge in [0.25, 0.3) is 0 Å². The Balaban J connectivity index is 1.20. The van der Waals surface area contributed by atoms with Gasteiger partial charge in [0.05, 0.1) is 0 Å². The SMILES string of the molecule is c1cnn(CCCNC2CCN(c3ccc4c(c3)CCC4)CC2)c1. The third-order valence-electron chi connectivity index (χ3n) is 5.50. The lowest BCUT2D eigenvalue weighted by Gasteiger charge is -2.34. The molecule has 1 saturated heterocycles. The fourth-order valence-electron chi connectivity index (χ4n) is 4.08. The highest BCUT2D eigenvalue weighted by atomic mass is 15.3. The maximum absolute atomic E-state index is 4.25. The zero-order valence-corrected chi connectivity index (χ0v) is 14.5. The van der Waals surface area contributed by atoms with E-state index in [4.69, 9.17) is 0 Å². The summed E-state index contributed by atoms with van der Waals surface area (Å²) in [5.41, 5.74) is 4.60. The summed E-state index contributed by atoms with van der Waals surface area (Å²) in [4.78, 5) is 2.57. The molecule has 128 valence electrons. The van der Waals surface area contributed by atoms with E-state index in [0.29, 0.717) is 6.04 Å². The number of piperidine rings is 1. The summed E-state index contributed by atoms with van der Waals surface area (Å²) in [6.45, 7) is 4.45. The first-order valence-corrected chi connectivity index (χ1v) is 9.46. The normalized spacial score (nSPS) is 18.1. The average Bonchev–Trinajstić information content (AvgIpc) is 3.30. The Bertz CT molecular complexity index is 642. The summed E-state index contributed by atoms with van der Waals surface area (Å²) in [5.74, 6) is 0. The molecule has 0 saturated carbocycles. The van der Waals surface area contributed by atoms with E-state index in [1.165, 1.54) is 50.9 Å². The van der Waals surface area contributed by atoms with Crippen LogP contribution in [0.4, 0.5) is 5.69 Å². The van der Waals surface area contributed by atoms with Crippen molar-refractivity contribution in [3.8, 4) is 0 Å². The number of hydrogen-bond acceptors (Lipinski definition) is 3. The number of benzene rings is 1. The van der Waals surface area contributed by atoms with Crippen molar-refractivity contribution >= 4 is 5.69 Å². The van der Waals surface area contributed by atoms with E-state index in [-0.39, 0.29) is 0 Å². The van der Waals surface area contributed by atoms with Crippen LogP contribution in [0.3, 0.4) is 0 Å². The Morgan fingerprint density at radius 2 is 2.00 bits per heavy atom. The quantitative estimate of drug-likeness (QED) is 0.829. The summed E-state index contributed by atoms with van der Waals surface area (Å²) >= 11 is 0. The van der Waals surface area contributed by atoms with Crippen LogP contribution in [0.25, 0.3) is 0 Å². The number of aromatic nitrogens is 2. The van der Waals surface area contributed by atoms with Gasteiger partial charge >= 0.3 is 0 Å². The largest absolute Gasteiger partial charge is 0.371 e. The molecule has 0 atom stereocenters. The summed E-state index contributed by atoms with van der Waals surface area (Å²) in [7, 11) is 0. The average molecular weight is 324 g/mol. The van der Waals surface area contributed by atoms with Crippen LogP contribution < -0.4 is 10.2 Å². The van der Waals surface area contributed by atoms with Gasteiger partial charge in [-0.2, -0.15) is 5.10 Å². The standard InChI is InChI=1S/C20H28N4/c1-4-17-6-7-20(16-18(17)5-1)23-14-8-19(9-15-23)21-10-2-12-24-13-3-11-22-24/h3,6-7,11,13,16,19,21H,1-2,4-5,8-10,12,14-15H2. The molecule has 4 rings (SSSR count). The van der Waals surface area contributed by atoms with Crippen LogP contribution in [0.2, 0.25) is 0 Å². The molecule has 1 aliphatic heterocycles. The number of fused-ring (bicyclic) bond motifs is 1. The van der Waals surface area contributed by atoms with Gasteiger partial charge in [-0.1, -0.05) is 6.07 Å². The summed E-state index contributed by atoms with van der Waals surface area (Å²) < 4.78 is 2.01. The fraction of sp³-hybridized carbons (Fsp3) is 0.550. The van der Waals surface area contributed by atoms with Gasteiger partial charge in [-0.3, -0.25) is 4.68 Å². The van der Waals surface area contributed by atoms with Crippen LogP contribution in [0.15, 0.2) is 36.7 Å². The highest BCUT2D eigenvalue weighted by Crippen LogP contribution is 2.28. The molecular formula is C20H28N4. The third kappa shape index (κ3) is 3.64. The van der Waals surface area contributed by atoms with Gasteiger partial charge in [0, 0.05) is 43.8 Å². The van der Waals surface area contributed by atoms with E-state index in [1.54, 1.807) is 11.1 Å². The summed E-state index contributed by atoms with van der Waals surface area (Å²) in [6.07, 6.45) is 11.4. The van der Waals surface area contributed by atoms with Crippen LogP contribution in [-0.4, -0.2) is 35.5 Å². The van der Waals surface area contributed by atoms with Crippen molar-refractivity contribution < 1.29 is 0 Å². The molecule has 2 aliphatic rings. The van der Waals surface area contributed by atoms with Gasteiger partial charge in [-0.05, 0) is 74.4 Å². The molecule has 0 bridgehead atoms. The third-order valence-corrected chi connectivity index (χ3v) is 5.50. The Morgan fingerprint density at radius 3 is 2.83 bits per heavy atom. The van der Waals surface area contributed by atoms with Gasteiger partial charge in [0.1, 0.15) is 0 Å². The minimum Gasteiger partial charge on any atom is -0.371 e. The smallest absolute Gasteiger partial charge is 0.0489 e. The number of aryl methyl sites for hydroxylation is 3. The van der Waals surface area contributed by atoms with Gasteiger partial charge in [-0.15, -0.1) is 0 Å². The van der Waals surface area contributed by atoms with E-state index >= 15 is 0 Å². The maximum Gasteiger partial charge on any atom is 0.0489 e. The van der Waals surface area contributed by atoms with Crippen LogP contribution in [-0.2, 0) is 19.4 Å². The first kappa shape index (κ1) is 15.7. The second-order valence-electron chi connectivity index (χ2n) is 7.14. The Hall–Kier alpha value is -1.81. The summed E-state index contributed by atoms with van der Waals surface area (Å²) in [6, 6.07) is 9.80. The van der Waals surface area contributed by atoms with Crippen molar-refractivity contribution in [3.63, 3.8) is 0 Å². The first-order valence-electron chi connectivity index (χ1n) is 9.46. The predicted molar refractivity (Wildman–Crippen MR) is 98.5 cm³/mol. The monoisotopic (exact) mass is 324 g/mol. The number of nitrogens with zero attached hydrogens (tertiary/aromatic N) is 3. The molecule has 4 heteroatoms. The van der Waals surface area contributed by atoms with E-state index in [9.17, 15) is 0 Å². The lowest BCUT2D eigenvalue weighted by Crippen LogP contribution is -2.43. The molecule has 0 amide bonds. The zero-order chi connectivity index (χ0) is 16.2. The minimum atomic E-state index is 0.674. The molecule has 2 heterocycles. The van der Waals surface area contributed by atoms with E-state index in [2.05, 4.69) is 33.5 Å². The van der Waals surface area contributed by atoms with Crippen molar-refractivity contribution in [2.24, 2.45) is 0 Å². The molecule has 2 aromatic rings. The lowest BCUT2D eigenvalue weighted by molar-refractivity contribution is 0.404. The summed E-state index contributed by atoms with van der Waals surface area (Å²) in [5, 5.41) is 7.98. The van der Waals surface area contributed by atoms with Crippen molar-refractivity contribution in [2.45, 2.75) is 51.1 Å². The fourth-order valence-corrected chi connectivity index (χ4v) is 4.08. The van der Waals surface area contributed by atoms with Crippen LogP contribution in [0.1, 0.15) is 36.8 Å². The van der Waals surface area contributed by atoms with Crippen LogP contribution in [0.5, 0.6) is 0 Å². The van der Waals surface area contributed by atoms with Gasteiger partial charge in [-0.25, -0.2) is 0 Å². The van der Waals surface area contributed by atoms with Gasteiger partial charge < -0.3 is 10.2 Å². The number of rotatable bonds is 6. The second kappa shape index (κ2) is 7.39. The highest BCUT2D eigenvalue weighted by Gasteiger charge is 2.20. The molecule has 0 radical (unpaired) electrons. The molecule has 1 N–H and O–H groups in total. The molecule has 4 nitrogen and oxygen atoms in total. The zero-order valence-electron chi connectivity index (χ0n) is 14.5. The topological polar surface area (TPSA) is 33.1 Å². The van der Waals surface area contributed by atoms with Crippen molar-refractivity contribution in [3.05, 3.63) is 47.8 Å². The molecule has 24 heavy (non-hydrogen) atoms. The molecule has 1 fully saturated rings. The number of nitrogens with one attached hydrogen (secondary N) is 1. The Morgan fingerprint density at radius 1 is 1.12 bits per heavy atom. The van der Waals surface area contributed by atoms with Gasteiger partial charge in [0.15, 0.2) is 0 Å². The van der Waals surface area contributed by atoms with Gasteiger partial charge in [0.2, 0.25) is 0 Å². The Kier molecular flexibility index (Phi) is 4.83. The van der Waals surface area contributed by atoms with E-state index in [0.717, 1.165) is 19.5 Å². The molecule has 1 aromatic carbocycles. The van der Waals surface area contributed by atoms with Crippen molar-refractivity contribution in [1.82, 2.24) is 15.1 Å². The van der Waals surface area contributed by atoms with Crippen molar-refractivity contribution in [1.29, 1.82) is 0 Å². The molecule has 1 aromatic heterocycles. The van der Waals surface area contributed by atoms with Crippen LogP contribution in [0, 0.1) is 0 Å². The number of anilines is 1. The first-order chi connectivity index (χ1) is 11.9. The van der Waals surface area contributed by atoms with E-state index in [1.807, 2.05) is 23.1 Å². The second-order valence-corrected chi connectivity index (χ2v) is 7.14. The molecule has 0 spiro atoms. The minimum absolute atomic E-state index is 0.674. The van der Waals surface area contributed by atoms with E-state index < -0.39 is 0 Å². The van der Waals surface area contributed by atoms with Crippen LogP contribution >= 0.6 is 0 Å². The Labute approximate surface area is 144 Å². The molecule has 1 aliphatic carbocycles. The lowest BCUT2D eigenvalue weighted by atomic mass is 10.0. The number of hydrogen-bond donors (Lipinski definition) is 1. The molecule has 0 unspecified atom stereocenters. The predicted octanol–water partition coefficient (Wildman–Crippen LogP) is 3.02.